The first kappa shape index (κ1) is 14.9. The lowest BCUT2D eigenvalue weighted by Gasteiger charge is -2.33. The highest BCUT2D eigenvalue weighted by molar-refractivity contribution is 5.28. The quantitative estimate of drug-likeness (QED) is 0.911. The number of ether oxygens (including phenoxy) is 2. The monoisotopic (exact) mass is 290 g/mol. The van der Waals surface area contributed by atoms with Gasteiger partial charge in [0.2, 0.25) is 0 Å². The van der Waals surface area contributed by atoms with E-state index in [0.29, 0.717) is 6.61 Å². The maximum absolute atomic E-state index is 9.50. The van der Waals surface area contributed by atoms with E-state index in [1.54, 1.807) is 6.92 Å². The second kappa shape index (κ2) is 6.37. The van der Waals surface area contributed by atoms with Crippen molar-refractivity contribution in [2.75, 3.05) is 6.61 Å². The zero-order chi connectivity index (χ0) is 14.7. The summed E-state index contributed by atoms with van der Waals surface area (Å²) in [6.07, 6.45) is 8.57. The van der Waals surface area contributed by atoms with Gasteiger partial charge in [-0.1, -0.05) is 31.4 Å². The average molecular weight is 290 g/mol. The number of rotatable bonds is 4. The van der Waals surface area contributed by atoms with Crippen LogP contribution < -0.4 is 4.74 Å². The topological polar surface area (TPSA) is 38.7 Å². The van der Waals surface area contributed by atoms with E-state index in [0.717, 1.165) is 17.7 Å². The van der Waals surface area contributed by atoms with E-state index in [9.17, 15) is 5.11 Å². The molecule has 1 unspecified atom stereocenters. The van der Waals surface area contributed by atoms with Crippen LogP contribution in [-0.4, -0.2) is 23.4 Å². The predicted octanol–water partition coefficient (Wildman–Crippen LogP) is 4.00. The van der Waals surface area contributed by atoms with Crippen molar-refractivity contribution in [1.29, 1.82) is 0 Å². The number of benzene rings is 1. The van der Waals surface area contributed by atoms with Gasteiger partial charge in [-0.25, -0.2) is 0 Å². The van der Waals surface area contributed by atoms with E-state index >= 15 is 0 Å². The van der Waals surface area contributed by atoms with Gasteiger partial charge >= 0.3 is 0 Å². The van der Waals surface area contributed by atoms with Crippen LogP contribution in [0.5, 0.6) is 5.75 Å². The number of hydrogen-bond acceptors (Lipinski definition) is 3. The van der Waals surface area contributed by atoms with Gasteiger partial charge in [0.15, 0.2) is 0 Å². The Kier molecular flexibility index (Phi) is 4.51. The van der Waals surface area contributed by atoms with Crippen LogP contribution in [0.3, 0.4) is 0 Å². The first-order valence-corrected chi connectivity index (χ1v) is 8.26. The maximum atomic E-state index is 9.50. The molecule has 2 atom stereocenters. The minimum absolute atomic E-state index is 0.169. The highest BCUT2D eigenvalue weighted by Gasteiger charge is 2.40. The van der Waals surface area contributed by atoms with Crippen molar-refractivity contribution in [3.63, 3.8) is 0 Å². The summed E-state index contributed by atoms with van der Waals surface area (Å²) in [6.45, 7) is 2.40. The molecule has 1 saturated heterocycles. The fourth-order valence-corrected chi connectivity index (χ4v) is 3.61. The van der Waals surface area contributed by atoms with Crippen molar-refractivity contribution in [3.8, 4) is 5.75 Å². The van der Waals surface area contributed by atoms with Crippen molar-refractivity contribution in [3.05, 3.63) is 29.8 Å². The van der Waals surface area contributed by atoms with Gasteiger partial charge in [-0.15, -0.1) is 0 Å². The molecule has 1 aromatic carbocycles. The Morgan fingerprint density at radius 3 is 2.57 bits per heavy atom. The predicted molar refractivity (Wildman–Crippen MR) is 82.5 cm³/mol. The van der Waals surface area contributed by atoms with Crippen LogP contribution in [-0.2, 0) is 4.74 Å². The van der Waals surface area contributed by atoms with Crippen LogP contribution in [0, 0.1) is 0 Å². The minimum Gasteiger partial charge on any atom is -0.491 e. The molecular weight excluding hydrogens is 264 g/mol. The van der Waals surface area contributed by atoms with E-state index in [1.165, 1.54) is 38.5 Å². The zero-order valence-corrected chi connectivity index (χ0v) is 12.9. The molecule has 0 bridgehead atoms. The molecule has 1 heterocycles. The van der Waals surface area contributed by atoms with Gasteiger partial charge in [0.1, 0.15) is 12.4 Å². The molecule has 3 nitrogen and oxygen atoms in total. The summed E-state index contributed by atoms with van der Waals surface area (Å²) in [5, 5.41) is 9.50. The smallest absolute Gasteiger partial charge is 0.119 e. The molecule has 1 saturated carbocycles. The van der Waals surface area contributed by atoms with Crippen LogP contribution in [0.1, 0.15) is 63.5 Å². The summed E-state index contributed by atoms with van der Waals surface area (Å²) in [7, 11) is 0. The van der Waals surface area contributed by atoms with Gasteiger partial charge in [-0.3, -0.25) is 0 Å². The maximum Gasteiger partial charge on any atom is 0.119 e. The molecule has 1 aromatic rings. The summed E-state index contributed by atoms with van der Waals surface area (Å²) >= 11 is 0. The van der Waals surface area contributed by atoms with Gasteiger partial charge in [0.05, 0.1) is 17.8 Å². The average Bonchev–Trinajstić information content (AvgIpc) is 2.89. The molecule has 116 valence electrons. The lowest BCUT2D eigenvalue weighted by Crippen LogP contribution is -2.32. The van der Waals surface area contributed by atoms with E-state index in [1.807, 2.05) is 24.3 Å². The third-order valence-corrected chi connectivity index (χ3v) is 4.90. The summed E-state index contributed by atoms with van der Waals surface area (Å²) in [6, 6.07) is 7.68. The fraction of sp³-hybridized carbons (Fsp3) is 0.667. The number of aliphatic hydroxyl groups excluding tert-OH is 1. The zero-order valence-electron chi connectivity index (χ0n) is 12.9. The SMILES string of the molecule is C[C@H](O)c1ccc(OCC2CCC3(CCCCC3)O2)cc1. The van der Waals surface area contributed by atoms with E-state index in [4.69, 9.17) is 9.47 Å². The van der Waals surface area contributed by atoms with Crippen molar-refractivity contribution in [2.24, 2.45) is 0 Å². The largest absolute Gasteiger partial charge is 0.491 e. The van der Waals surface area contributed by atoms with E-state index < -0.39 is 6.10 Å². The molecular formula is C18H26O3. The normalized spacial score (nSPS) is 25.9. The molecule has 3 heteroatoms. The van der Waals surface area contributed by atoms with Crippen molar-refractivity contribution >= 4 is 0 Å². The Morgan fingerprint density at radius 2 is 1.90 bits per heavy atom. The van der Waals surface area contributed by atoms with E-state index in [-0.39, 0.29) is 11.7 Å². The van der Waals surface area contributed by atoms with Gasteiger partial charge in [-0.2, -0.15) is 0 Å². The highest BCUT2D eigenvalue weighted by Crippen LogP contribution is 2.41. The minimum atomic E-state index is -0.427. The van der Waals surface area contributed by atoms with Crippen LogP contribution in [0.4, 0.5) is 0 Å². The third-order valence-electron chi connectivity index (χ3n) is 4.90. The van der Waals surface area contributed by atoms with Crippen LogP contribution in [0.25, 0.3) is 0 Å². The molecule has 1 aliphatic heterocycles. The Hall–Kier alpha value is -1.06. The number of hydrogen-bond donors (Lipinski definition) is 1. The molecule has 3 rings (SSSR count). The van der Waals surface area contributed by atoms with Crippen molar-refractivity contribution < 1.29 is 14.6 Å². The Morgan fingerprint density at radius 1 is 1.19 bits per heavy atom. The molecule has 0 amide bonds. The first-order chi connectivity index (χ1) is 10.2. The van der Waals surface area contributed by atoms with Crippen LogP contribution in [0.15, 0.2) is 24.3 Å². The molecule has 2 aliphatic rings. The van der Waals surface area contributed by atoms with Crippen LogP contribution >= 0.6 is 0 Å². The Bertz CT molecular complexity index is 446. The second-order valence-corrected chi connectivity index (χ2v) is 6.58. The van der Waals surface area contributed by atoms with Crippen molar-refractivity contribution in [2.45, 2.75) is 69.7 Å². The lowest BCUT2D eigenvalue weighted by molar-refractivity contribution is -0.0748. The second-order valence-electron chi connectivity index (χ2n) is 6.58. The molecule has 2 fully saturated rings. The Balaban J connectivity index is 1.49. The molecule has 0 radical (unpaired) electrons. The van der Waals surface area contributed by atoms with Gasteiger partial charge in [0, 0.05) is 0 Å². The highest BCUT2D eigenvalue weighted by atomic mass is 16.6. The van der Waals surface area contributed by atoms with Gasteiger partial charge < -0.3 is 14.6 Å². The lowest BCUT2D eigenvalue weighted by atomic mass is 9.83. The Labute approximate surface area is 127 Å². The number of aliphatic hydroxyl groups is 1. The molecule has 1 N–H and O–H groups in total. The summed E-state index contributed by atoms with van der Waals surface area (Å²) in [5.74, 6) is 0.854. The third kappa shape index (κ3) is 3.58. The summed E-state index contributed by atoms with van der Waals surface area (Å²) in [4.78, 5) is 0. The molecule has 1 aliphatic carbocycles. The fourth-order valence-electron chi connectivity index (χ4n) is 3.61. The van der Waals surface area contributed by atoms with Gasteiger partial charge in [0.25, 0.3) is 0 Å². The summed E-state index contributed by atoms with van der Waals surface area (Å²) in [5.41, 5.74) is 1.09. The molecule has 0 aromatic heterocycles. The molecule has 21 heavy (non-hydrogen) atoms. The first-order valence-electron chi connectivity index (χ1n) is 8.26. The summed E-state index contributed by atoms with van der Waals surface area (Å²) < 4.78 is 12.2. The van der Waals surface area contributed by atoms with Crippen LogP contribution in [0.2, 0.25) is 0 Å². The van der Waals surface area contributed by atoms with Crippen molar-refractivity contribution in [1.82, 2.24) is 0 Å². The standard InChI is InChI=1S/C18H26O3/c1-14(19)15-5-7-16(8-6-15)20-13-17-9-12-18(21-17)10-3-2-4-11-18/h5-8,14,17,19H,2-4,9-13H2,1H3/t14-,17?/m0/s1. The molecule has 1 spiro atoms. The van der Waals surface area contributed by atoms with E-state index in [2.05, 4.69) is 0 Å². The van der Waals surface area contributed by atoms with Gasteiger partial charge in [-0.05, 0) is 50.3 Å².